The molecule has 4 rings (SSSR count). The smallest absolute Gasteiger partial charge is 0.306 e. The van der Waals surface area contributed by atoms with Gasteiger partial charge in [0.05, 0.1) is 12.0 Å². The van der Waals surface area contributed by atoms with Crippen LogP contribution in [-0.2, 0) is 11.3 Å². The molecule has 1 heterocycles. The topological polar surface area (TPSA) is 49.8 Å². The first-order chi connectivity index (χ1) is 14.6. The molecule has 1 saturated carbocycles. The molecule has 4 nitrogen and oxygen atoms in total. The third-order valence-electron chi connectivity index (χ3n) is 7.19. The van der Waals surface area contributed by atoms with Crippen LogP contribution in [0.25, 0.3) is 10.8 Å². The third-order valence-corrected chi connectivity index (χ3v) is 7.19. The predicted octanol–water partition coefficient (Wildman–Crippen LogP) is 5.93. The minimum Gasteiger partial charge on any atom is -0.490 e. The third kappa shape index (κ3) is 4.49. The highest BCUT2D eigenvalue weighted by molar-refractivity contribution is 5.90. The molecule has 0 radical (unpaired) electrons. The van der Waals surface area contributed by atoms with Crippen molar-refractivity contribution in [1.82, 2.24) is 4.90 Å². The number of hydrogen-bond acceptors (Lipinski definition) is 3. The van der Waals surface area contributed by atoms with Gasteiger partial charge in [0.2, 0.25) is 0 Å². The number of hydrogen-bond donors (Lipinski definition) is 1. The SMILES string of the molecule is CCC1CC(C(=O)O)CCN1Cc1c(OC2CCCCC2)cc(C)c2ccccc12. The minimum absolute atomic E-state index is 0.209. The van der Waals surface area contributed by atoms with Gasteiger partial charge in [0.15, 0.2) is 0 Å². The highest BCUT2D eigenvalue weighted by atomic mass is 16.5. The molecule has 2 aromatic rings. The predicted molar refractivity (Wildman–Crippen MR) is 121 cm³/mol. The van der Waals surface area contributed by atoms with Gasteiger partial charge in [-0.05, 0) is 80.8 Å². The lowest BCUT2D eigenvalue weighted by Gasteiger charge is -2.38. The van der Waals surface area contributed by atoms with Gasteiger partial charge in [0.1, 0.15) is 5.75 Å². The second-order valence-corrected chi connectivity index (χ2v) is 9.19. The van der Waals surface area contributed by atoms with E-state index < -0.39 is 5.97 Å². The Bertz CT molecular complexity index is 887. The van der Waals surface area contributed by atoms with Gasteiger partial charge in [-0.25, -0.2) is 0 Å². The van der Waals surface area contributed by atoms with Crippen LogP contribution < -0.4 is 4.74 Å². The van der Waals surface area contributed by atoms with Crippen molar-refractivity contribution in [1.29, 1.82) is 0 Å². The first-order valence-corrected chi connectivity index (χ1v) is 11.7. The summed E-state index contributed by atoms with van der Waals surface area (Å²) in [7, 11) is 0. The number of fused-ring (bicyclic) bond motifs is 1. The van der Waals surface area contributed by atoms with Gasteiger partial charge in [0.25, 0.3) is 0 Å². The number of carbonyl (C=O) groups is 1. The zero-order valence-electron chi connectivity index (χ0n) is 18.4. The summed E-state index contributed by atoms with van der Waals surface area (Å²) in [6.45, 7) is 6.01. The Morgan fingerprint density at radius 1 is 1.13 bits per heavy atom. The van der Waals surface area contributed by atoms with Crippen LogP contribution in [0.1, 0.15) is 69.4 Å². The molecule has 2 aromatic carbocycles. The first kappa shape index (κ1) is 21.2. The summed E-state index contributed by atoms with van der Waals surface area (Å²) in [5.41, 5.74) is 2.53. The highest BCUT2D eigenvalue weighted by Gasteiger charge is 2.32. The Labute approximate surface area is 180 Å². The molecule has 4 heteroatoms. The average Bonchev–Trinajstić information content (AvgIpc) is 2.77. The molecule has 162 valence electrons. The first-order valence-electron chi connectivity index (χ1n) is 11.7. The van der Waals surface area contributed by atoms with Crippen LogP contribution in [0.5, 0.6) is 5.75 Å². The number of likely N-dealkylation sites (tertiary alicyclic amines) is 1. The second kappa shape index (κ2) is 9.38. The van der Waals surface area contributed by atoms with Crippen molar-refractivity contribution >= 4 is 16.7 Å². The quantitative estimate of drug-likeness (QED) is 0.642. The fourth-order valence-corrected chi connectivity index (χ4v) is 5.38. The van der Waals surface area contributed by atoms with Crippen molar-refractivity contribution in [2.45, 2.75) is 83.9 Å². The van der Waals surface area contributed by atoms with E-state index in [0.29, 0.717) is 12.1 Å². The van der Waals surface area contributed by atoms with Crippen molar-refractivity contribution in [3.8, 4) is 5.75 Å². The van der Waals surface area contributed by atoms with Crippen molar-refractivity contribution in [3.63, 3.8) is 0 Å². The lowest BCUT2D eigenvalue weighted by Crippen LogP contribution is -2.43. The number of carboxylic acids is 1. The van der Waals surface area contributed by atoms with Gasteiger partial charge < -0.3 is 9.84 Å². The summed E-state index contributed by atoms with van der Waals surface area (Å²) in [6, 6.07) is 11.2. The molecule has 0 amide bonds. The molecule has 0 bridgehead atoms. The number of benzene rings is 2. The van der Waals surface area contributed by atoms with Gasteiger partial charge in [-0.15, -0.1) is 0 Å². The number of piperidine rings is 1. The van der Waals surface area contributed by atoms with Gasteiger partial charge in [-0.1, -0.05) is 37.6 Å². The number of rotatable bonds is 6. The monoisotopic (exact) mass is 409 g/mol. The molecular weight excluding hydrogens is 374 g/mol. The van der Waals surface area contributed by atoms with Gasteiger partial charge in [0, 0.05) is 18.2 Å². The van der Waals surface area contributed by atoms with Crippen LogP contribution in [-0.4, -0.2) is 34.7 Å². The van der Waals surface area contributed by atoms with Gasteiger partial charge in [-0.2, -0.15) is 0 Å². The number of aliphatic carboxylic acids is 1. The van der Waals surface area contributed by atoms with Gasteiger partial charge in [-0.3, -0.25) is 9.69 Å². The molecule has 2 atom stereocenters. The number of nitrogens with zero attached hydrogens (tertiary/aromatic N) is 1. The molecule has 1 aliphatic carbocycles. The Kier molecular flexibility index (Phi) is 6.62. The standard InChI is InChI=1S/C26H35NO3/c1-3-20-16-19(26(28)29)13-14-27(20)17-24-23-12-8-7-11-22(23)18(2)15-25(24)30-21-9-5-4-6-10-21/h7-8,11-12,15,19-21H,3-6,9-10,13-14,16-17H2,1-2H3,(H,28,29). The lowest BCUT2D eigenvalue weighted by molar-refractivity contribution is -0.144. The van der Waals surface area contributed by atoms with E-state index in [1.54, 1.807) is 0 Å². The van der Waals surface area contributed by atoms with Gasteiger partial charge >= 0.3 is 5.97 Å². The van der Waals surface area contributed by atoms with Crippen LogP contribution in [0.2, 0.25) is 0 Å². The van der Waals surface area contributed by atoms with Crippen molar-refractivity contribution < 1.29 is 14.6 Å². The van der Waals surface area contributed by atoms with E-state index in [9.17, 15) is 9.90 Å². The van der Waals surface area contributed by atoms with E-state index in [0.717, 1.165) is 50.9 Å². The molecule has 1 aliphatic heterocycles. The van der Waals surface area contributed by atoms with Crippen molar-refractivity contribution in [2.24, 2.45) is 5.92 Å². The maximum absolute atomic E-state index is 11.5. The Morgan fingerprint density at radius 2 is 1.87 bits per heavy atom. The highest BCUT2D eigenvalue weighted by Crippen LogP contribution is 2.36. The maximum Gasteiger partial charge on any atom is 0.306 e. The number of carboxylic acid groups (broad SMARTS) is 1. The summed E-state index contributed by atoms with van der Waals surface area (Å²) in [4.78, 5) is 14.0. The lowest BCUT2D eigenvalue weighted by atomic mass is 9.88. The Balaban J connectivity index is 1.66. The number of ether oxygens (including phenoxy) is 1. The molecule has 30 heavy (non-hydrogen) atoms. The Hall–Kier alpha value is -2.07. The van der Waals surface area contributed by atoms with E-state index in [1.165, 1.54) is 41.2 Å². The largest absolute Gasteiger partial charge is 0.490 e. The summed E-state index contributed by atoms with van der Waals surface area (Å²) < 4.78 is 6.62. The fraction of sp³-hybridized carbons (Fsp3) is 0.577. The van der Waals surface area contributed by atoms with Crippen LogP contribution in [0.3, 0.4) is 0 Å². The van der Waals surface area contributed by atoms with E-state index in [2.05, 4.69) is 49.1 Å². The molecule has 1 N–H and O–H groups in total. The van der Waals surface area contributed by atoms with E-state index in [4.69, 9.17) is 4.74 Å². The summed E-state index contributed by atoms with van der Waals surface area (Å²) in [5.74, 6) is 0.183. The van der Waals surface area contributed by atoms with Crippen molar-refractivity contribution in [3.05, 3.63) is 41.5 Å². The van der Waals surface area contributed by atoms with Crippen LogP contribution in [0.15, 0.2) is 30.3 Å². The molecule has 2 aliphatic rings. The summed E-state index contributed by atoms with van der Waals surface area (Å²) in [6.07, 6.45) is 8.90. The van der Waals surface area contributed by atoms with E-state index >= 15 is 0 Å². The van der Waals surface area contributed by atoms with E-state index in [1.807, 2.05) is 0 Å². The molecule has 0 aromatic heterocycles. The summed E-state index contributed by atoms with van der Waals surface area (Å²) >= 11 is 0. The fourth-order valence-electron chi connectivity index (χ4n) is 5.38. The normalized spacial score (nSPS) is 23.5. The van der Waals surface area contributed by atoms with Crippen LogP contribution in [0, 0.1) is 12.8 Å². The molecule has 0 spiro atoms. The number of aryl methyl sites for hydroxylation is 1. The minimum atomic E-state index is -0.643. The second-order valence-electron chi connectivity index (χ2n) is 9.19. The van der Waals surface area contributed by atoms with Crippen LogP contribution in [0.4, 0.5) is 0 Å². The molecule has 1 saturated heterocycles. The summed E-state index contributed by atoms with van der Waals surface area (Å²) in [5, 5.41) is 12.1. The zero-order valence-corrected chi connectivity index (χ0v) is 18.4. The van der Waals surface area contributed by atoms with E-state index in [-0.39, 0.29) is 5.92 Å². The zero-order chi connectivity index (χ0) is 21.1. The molecule has 2 unspecified atom stereocenters. The van der Waals surface area contributed by atoms with Crippen molar-refractivity contribution in [2.75, 3.05) is 6.54 Å². The maximum atomic E-state index is 11.5. The average molecular weight is 410 g/mol. The van der Waals surface area contributed by atoms with Crippen LogP contribution >= 0.6 is 0 Å². The Morgan fingerprint density at radius 3 is 2.57 bits per heavy atom. The molecule has 2 fully saturated rings. The molecular formula is C26H35NO3.